The summed E-state index contributed by atoms with van der Waals surface area (Å²) in [7, 11) is 3.60. The van der Waals surface area contributed by atoms with Crippen molar-refractivity contribution in [2.24, 2.45) is 16.1 Å². The Bertz CT molecular complexity index is 1120. The molecule has 0 spiro atoms. The van der Waals surface area contributed by atoms with E-state index in [1.807, 2.05) is 50.9 Å². The molecule has 2 atom stereocenters. The van der Waals surface area contributed by atoms with Crippen molar-refractivity contribution in [2.45, 2.75) is 119 Å². The maximum atomic E-state index is 12.6. The Morgan fingerprint density at radius 2 is 1.57 bits per heavy atom. The summed E-state index contributed by atoms with van der Waals surface area (Å²) >= 11 is 0. The molecule has 294 valence electrons. The van der Waals surface area contributed by atoms with Crippen molar-refractivity contribution < 1.29 is 24.6 Å². The molecule has 0 fully saturated rings. The quantitative estimate of drug-likeness (QED) is 0.0338. The van der Waals surface area contributed by atoms with E-state index in [0.717, 1.165) is 42.0 Å². The number of hydrazone groups is 2. The second kappa shape index (κ2) is 32.4. The van der Waals surface area contributed by atoms with Gasteiger partial charge in [-0.15, -0.1) is 0 Å². The lowest BCUT2D eigenvalue weighted by atomic mass is 10.0. The van der Waals surface area contributed by atoms with E-state index < -0.39 is 18.0 Å². The lowest BCUT2D eigenvalue weighted by molar-refractivity contribution is -0.144. The highest BCUT2D eigenvalue weighted by atomic mass is 16.4. The van der Waals surface area contributed by atoms with Crippen LogP contribution in [0, 0.1) is 12.8 Å². The third-order valence-electron chi connectivity index (χ3n) is 8.14. The predicted octanol–water partition coefficient (Wildman–Crippen LogP) is 5.28. The number of carboxylic acid groups (broad SMARTS) is 2. The number of amides is 1. The number of nitrogens with zero attached hydrogens (tertiary/aromatic N) is 4. The number of carbonyl (C=O) groups is 3. The highest BCUT2D eigenvalue weighted by Crippen LogP contribution is 2.13. The third-order valence-corrected chi connectivity index (χ3v) is 8.14. The lowest BCUT2D eigenvalue weighted by Crippen LogP contribution is -2.46. The molecule has 0 aliphatic carbocycles. The molecule has 1 aromatic carbocycles. The number of aliphatic carboxylic acids is 2. The summed E-state index contributed by atoms with van der Waals surface area (Å²) in [5.41, 5.74) is 8.06. The second-order valence-corrected chi connectivity index (χ2v) is 12.8. The minimum atomic E-state index is -0.991. The van der Waals surface area contributed by atoms with E-state index in [9.17, 15) is 19.5 Å². The van der Waals surface area contributed by atoms with Crippen molar-refractivity contribution in [3.63, 3.8) is 0 Å². The van der Waals surface area contributed by atoms with Crippen molar-refractivity contribution in [1.29, 1.82) is 0 Å². The van der Waals surface area contributed by atoms with Crippen molar-refractivity contribution in [2.75, 3.05) is 53.4 Å². The number of rotatable bonds is 25. The summed E-state index contributed by atoms with van der Waals surface area (Å²) in [6.45, 7) is 21.5. The first-order chi connectivity index (χ1) is 24.4. The Balaban J connectivity index is 0. The van der Waals surface area contributed by atoms with Crippen LogP contribution in [0.2, 0.25) is 0 Å². The number of carbonyl (C=O) groups excluding carboxylic acids is 1. The van der Waals surface area contributed by atoms with Crippen LogP contribution in [0.15, 0.2) is 28.4 Å². The molecule has 6 N–H and O–H groups in total. The van der Waals surface area contributed by atoms with Crippen molar-refractivity contribution in [3.05, 3.63) is 34.9 Å². The minimum Gasteiger partial charge on any atom is -0.480 e. The van der Waals surface area contributed by atoms with Crippen molar-refractivity contribution in [3.8, 4) is 0 Å². The van der Waals surface area contributed by atoms with Crippen LogP contribution in [0.4, 0.5) is 0 Å². The van der Waals surface area contributed by atoms with Crippen LogP contribution < -0.4 is 21.5 Å². The van der Waals surface area contributed by atoms with Crippen LogP contribution in [0.5, 0.6) is 0 Å². The first kappa shape index (κ1) is 49.6. The molecule has 0 radical (unpaired) electrons. The number of benzene rings is 1. The van der Waals surface area contributed by atoms with Gasteiger partial charge in [-0.25, -0.2) is 0 Å². The van der Waals surface area contributed by atoms with E-state index in [1.165, 1.54) is 32.1 Å². The Morgan fingerprint density at radius 1 is 0.902 bits per heavy atom. The molecule has 51 heavy (non-hydrogen) atoms. The van der Waals surface area contributed by atoms with E-state index in [-0.39, 0.29) is 31.8 Å². The Hall–Kier alpha value is -3.55. The number of unbranched alkanes of at least 4 members (excludes halogenated alkanes) is 2. The molecule has 0 aliphatic heterocycles. The molecule has 0 saturated carbocycles. The first-order valence-electron chi connectivity index (χ1n) is 18.8. The molecule has 13 heteroatoms. The molecule has 0 bridgehead atoms. The standard InChI is InChI=1S/C26H43N7O5.C9H20.C3H9N/c1-6-10-32(18-24(35)36)12-13-33(11-7-2)22(26(37)38)8-9-23(34)29-17-20-14-19(3)15-21(16-20)25(30-27-4)31-28-5;1-4-6-7-8-9(3)5-2;1-3-4-2/h14-16,22,28H,4,6-13,17-18H2,1-3,5H3,(H,29,34)(H,30,31)(H,35,36)(H,37,38);9H,4-8H2,1-3H3;4H,3H2,1-2H3. The summed E-state index contributed by atoms with van der Waals surface area (Å²) in [5, 5.41) is 32.7. The Kier molecular flexibility index (Phi) is 31.5. The fourth-order valence-electron chi connectivity index (χ4n) is 5.17. The second-order valence-electron chi connectivity index (χ2n) is 12.8. The van der Waals surface area contributed by atoms with E-state index in [0.29, 0.717) is 32.0 Å². The zero-order valence-corrected chi connectivity index (χ0v) is 33.3. The van der Waals surface area contributed by atoms with Crippen molar-refractivity contribution >= 4 is 30.4 Å². The minimum absolute atomic E-state index is 0.0536. The van der Waals surface area contributed by atoms with Crippen LogP contribution >= 0.6 is 0 Å². The topological polar surface area (TPSA) is 171 Å². The highest BCUT2D eigenvalue weighted by molar-refractivity contribution is 5.98. The average Bonchev–Trinajstić information content (AvgIpc) is 3.09. The SMILES string of the molecule is C=NN/C(=N\NC)c1cc(C)cc(CNC(=O)CCC(C(=O)O)N(CCC)CCN(CCC)CC(=O)O)c1.CCCCCC(C)CC.CCNC. The Labute approximate surface area is 309 Å². The predicted molar refractivity (Wildman–Crippen MR) is 211 cm³/mol. The van der Waals surface area contributed by atoms with E-state index >= 15 is 0 Å². The molecule has 13 nitrogen and oxygen atoms in total. The van der Waals surface area contributed by atoms with Gasteiger partial charge in [0.2, 0.25) is 5.91 Å². The lowest BCUT2D eigenvalue weighted by Gasteiger charge is -2.31. The maximum absolute atomic E-state index is 12.6. The van der Waals surface area contributed by atoms with Gasteiger partial charge in [-0.05, 0) is 76.5 Å². The zero-order valence-electron chi connectivity index (χ0n) is 33.3. The van der Waals surface area contributed by atoms with Crippen LogP contribution in [-0.2, 0) is 20.9 Å². The molecule has 0 aromatic heterocycles. The van der Waals surface area contributed by atoms with E-state index in [1.54, 1.807) is 11.9 Å². The van der Waals surface area contributed by atoms with Crippen LogP contribution in [0.1, 0.15) is 116 Å². The number of nitrogens with one attached hydrogen (secondary N) is 4. The number of carboxylic acids is 2. The van der Waals surface area contributed by atoms with Gasteiger partial charge in [-0.3, -0.25) is 29.6 Å². The first-order valence-corrected chi connectivity index (χ1v) is 18.8. The molecule has 0 heterocycles. The molecule has 0 aliphatic rings. The highest BCUT2D eigenvalue weighted by Gasteiger charge is 2.26. The monoisotopic (exact) mass is 721 g/mol. The van der Waals surface area contributed by atoms with E-state index in [4.69, 9.17) is 5.11 Å². The largest absolute Gasteiger partial charge is 0.480 e. The van der Waals surface area contributed by atoms with Crippen LogP contribution in [-0.4, -0.2) is 110 Å². The summed E-state index contributed by atoms with van der Waals surface area (Å²) in [6.07, 6.45) is 8.75. The molecule has 1 aromatic rings. The van der Waals surface area contributed by atoms with Gasteiger partial charge in [0.1, 0.15) is 6.04 Å². The average molecular weight is 721 g/mol. The molecule has 1 rings (SSSR count). The van der Waals surface area contributed by atoms with Gasteiger partial charge in [-0.2, -0.15) is 10.2 Å². The van der Waals surface area contributed by atoms with E-state index in [2.05, 4.69) is 66.1 Å². The van der Waals surface area contributed by atoms with Gasteiger partial charge < -0.3 is 26.3 Å². The Morgan fingerprint density at radius 3 is 2.08 bits per heavy atom. The number of hydrogen-bond donors (Lipinski definition) is 6. The molecule has 1 amide bonds. The summed E-state index contributed by atoms with van der Waals surface area (Å²) in [6, 6.07) is 4.92. The molecular weight excluding hydrogens is 648 g/mol. The van der Waals surface area contributed by atoms with Gasteiger partial charge in [0.15, 0.2) is 5.84 Å². The summed E-state index contributed by atoms with van der Waals surface area (Å²) in [5.74, 6) is -0.706. The van der Waals surface area contributed by atoms with Gasteiger partial charge in [0, 0.05) is 45.4 Å². The molecular formula is C38H72N8O5. The van der Waals surface area contributed by atoms with Crippen LogP contribution in [0.25, 0.3) is 0 Å². The number of hydrogen-bond acceptors (Lipinski definition) is 9. The van der Waals surface area contributed by atoms with Gasteiger partial charge in [0.25, 0.3) is 0 Å². The third kappa shape index (κ3) is 26.0. The normalized spacial score (nSPS) is 12.2. The smallest absolute Gasteiger partial charge is 0.320 e. The van der Waals surface area contributed by atoms with Gasteiger partial charge in [0.05, 0.1) is 6.54 Å². The van der Waals surface area contributed by atoms with Crippen molar-refractivity contribution in [1.82, 2.24) is 31.3 Å². The maximum Gasteiger partial charge on any atom is 0.320 e. The number of aryl methyl sites for hydroxylation is 1. The van der Waals surface area contributed by atoms with Gasteiger partial charge in [-0.1, -0.05) is 85.3 Å². The molecule has 2 unspecified atom stereocenters. The number of amidine groups is 1. The zero-order chi connectivity index (χ0) is 39.0. The van der Waals surface area contributed by atoms with Gasteiger partial charge >= 0.3 is 11.9 Å². The summed E-state index contributed by atoms with van der Waals surface area (Å²) in [4.78, 5) is 39.5. The fraction of sp³-hybridized carbons (Fsp3) is 0.711. The van der Waals surface area contributed by atoms with Crippen LogP contribution in [0.3, 0.4) is 0 Å². The summed E-state index contributed by atoms with van der Waals surface area (Å²) < 4.78 is 0. The fourth-order valence-corrected chi connectivity index (χ4v) is 5.17. The molecule has 0 saturated heterocycles.